The Bertz CT molecular complexity index is 487. The molecule has 1 aliphatic rings. The number of hydrogen-bond acceptors (Lipinski definition) is 2. The van der Waals surface area contributed by atoms with Crippen molar-refractivity contribution in [3.63, 3.8) is 0 Å². The number of hydrogen-bond donors (Lipinski definition) is 1. The fourth-order valence-corrected chi connectivity index (χ4v) is 1.95. The Morgan fingerprint density at radius 2 is 2.24 bits per heavy atom. The third kappa shape index (κ3) is 2.00. The molecule has 1 heterocycles. The van der Waals surface area contributed by atoms with Gasteiger partial charge in [0.25, 0.3) is 0 Å². The van der Waals surface area contributed by atoms with Gasteiger partial charge in [-0.05, 0) is 18.6 Å². The van der Waals surface area contributed by atoms with E-state index < -0.39 is 17.7 Å². The van der Waals surface area contributed by atoms with E-state index in [0.29, 0.717) is 5.56 Å². The lowest BCUT2D eigenvalue weighted by Crippen LogP contribution is -2.26. The van der Waals surface area contributed by atoms with E-state index in [0.717, 1.165) is 0 Å². The van der Waals surface area contributed by atoms with Crippen molar-refractivity contribution in [3.8, 4) is 0 Å². The predicted molar refractivity (Wildman–Crippen MR) is 59.2 cm³/mol. The molecule has 1 aromatic rings. The number of rotatable bonds is 2. The van der Waals surface area contributed by atoms with E-state index in [-0.39, 0.29) is 24.6 Å². The number of anilines is 1. The smallest absolute Gasteiger partial charge is 0.308 e. The molecular weight excluding hydrogens is 225 g/mol. The first-order chi connectivity index (χ1) is 8.00. The molecule has 1 amide bonds. The van der Waals surface area contributed by atoms with Crippen LogP contribution in [0, 0.1) is 18.7 Å². The first-order valence-electron chi connectivity index (χ1n) is 5.29. The fourth-order valence-electron chi connectivity index (χ4n) is 1.95. The minimum absolute atomic E-state index is 0.0362. The van der Waals surface area contributed by atoms with Crippen LogP contribution in [0.4, 0.5) is 10.1 Å². The van der Waals surface area contributed by atoms with Crippen LogP contribution >= 0.6 is 0 Å². The van der Waals surface area contributed by atoms with Crippen LogP contribution in [0.25, 0.3) is 0 Å². The van der Waals surface area contributed by atoms with Gasteiger partial charge in [0, 0.05) is 13.0 Å². The monoisotopic (exact) mass is 237 g/mol. The van der Waals surface area contributed by atoms with Gasteiger partial charge < -0.3 is 10.0 Å². The van der Waals surface area contributed by atoms with Crippen LogP contribution in [0.15, 0.2) is 18.2 Å². The molecule has 1 N–H and O–H groups in total. The standard InChI is InChI=1S/C12H12FNO3/c1-7-3-2-4-9(11(7)13)14-6-8(12(16)17)5-10(14)15/h2-4,8H,5-6H2,1H3,(H,16,17). The molecule has 0 radical (unpaired) electrons. The van der Waals surface area contributed by atoms with Gasteiger partial charge in [0.15, 0.2) is 0 Å². The summed E-state index contributed by atoms with van der Waals surface area (Å²) in [5, 5.41) is 8.85. The summed E-state index contributed by atoms with van der Waals surface area (Å²) < 4.78 is 13.8. The Morgan fingerprint density at radius 1 is 1.53 bits per heavy atom. The van der Waals surface area contributed by atoms with Gasteiger partial charge in [0.2, 0.25) is 5.91 Å². The van der Waals surface area contributed by atoms with E-state index in [1.165, 1.54) is 11.0 Å². The van der Waals surface area contributed by atoms with Crippen molar-refractivity contribution >= 4 is 17.6 Å². The highest BCUT2D eigenvalue weighted by Gasteiger charge is 2.36. The summed E-state index contributed by atoms with van der Waals surface area (Å²) in [7, 11) is 0. The van der Waals surface area contributed by atoms with Crippen molar-refractivity contribution < 1.29 is 19.1 Å². The molecule has 1 aliphatic heterocycles. The number of benzene rings is 1. The van der Waals surface area contributed by atoms with Crippen LogP contribution in [-0.4, -0.2) is 23.5 Å². The summed E-state index contributed by atoms with van der Waals surface area (Å²) in [6.07, 6.45) is -0.0668. The molecule has 2 rings (SSSR count). The quantitative estimate of drug-likeness (QED) is 0.849. The molecule has 0 aromatic heterocycles. The molecule has 0 spiro atoms. The van der Waals surface area contributed by atoms with Crippen LogP contribution < -0.4 is 4.90 Å². The van der Waals surface area contributed by atoms with Crippen LogP contribution in [-0.2, 0) is 9.59 Å². The lowest BCUT2D eigenvalue weighted by atomic mass is 10.1. The Kier molecular flexibility index (Phi) is 2.83. The molecule has 0 saturated carbocycles. The average Bonchev–Trinajstić information content (AvgIpc) is 2.65. The third-order valence-electron chi connectivity index (χ3n) is 2.94. The summed E-state index contributed by atoms with van der Waals surface area (Å²) in [6, 6.07) is 4.74. The van der Waals surface area contributed by atoms with Crippen molar-refractivity contribution in [3.05, 3.63) is 29.6 Å². The predicted octanol–water partition coefficient (Wildman–Crippen LogP) is 1.57. The van der Waals surface area contributed by atoms with Crippen molar-refractivity contribution in [2.75, 3.05) is 11.4 Å². The van der Waals surface area contributed by atoms with Crippen LogP contribution in [0.3, 0.4) is 0 Å². The number of carboxylic acid groups (broad SMARTS) is 1. The van der Waals surface area contributed by atoms with Crippen molar-refractivity contribution in [1.82, 2.24) is 0 Å². The number of nitrogens with zero attached hydrogens (tertiary/aromatic N) is 1. The lowest BCUT2D eigenvalue weighted by Gasteiger charge is -2.17. The number of halogens is 1. The zero-order chi connectivity index (χ0) is 12.6. The summed E-state index contributed by atoms with van der Waals surface area (Å²) in [4.78, 5) is 23.7. The van der Waals surface area contributed by atoms with Crippen molar-refractivity contribution in [1.29, 1.82) is 0 Å². The Labute approximate surface area is 97.7 Å². The topological polar surface area (TPSA) is 57.6 Å². The number of carboxylic acids is 1. The maximum Gasteiger partial charge on any atom is 0.308 e. The molecule has 17 heavy (non-hydrogen) atoms. The Balaban J connectivity index is 2.32. The highest BCUT2D eigenvalue weighted by atomic mass is 19.1. The van der Waals surface area contributed by atoms with Gasteiger partial charge in [-0.3, -0.25) is 9.59 Å². The first kappa shape index (κ1) is 11.6. The molecule has 1 fully saturated rings. The summed E-state index contributed by atoms with van der Waals surface area (Å²) in [5.41, 5.74) is 0.604. The molecular formula is C12H12FNO3. The van der Waals surface area contributed by atoms with Crippen molar-refractivity contribution in [2.45, 2.75) is 13.3 Å². The largest absolute Gasteiger partial charge is 0.481 e. The molecule has 4 nitrogen and oxygen atoms in total. The van der Waals surface area contributed by atoms with Gasteiger partial charge in [-0.2, -0.15) is 0 Å². The molecule has 0 aliphatic carbocycles. The first-order valence-corrected chi connectivity index (χ1v) is 5.29. The van der Waals surface area contributed by atoms with Crippen molar-refractivity contribution in [2.24, 2.45) is 5.92 Å². The molecule has 1 atom stereocenters. The SMILES string of the molecule is Cc1cccc(N2CC(C(=O)O)CC2=O)c1F. The summed E-state index contributed by atoms with van der Waals surface area (Å²) in [6.45, 7) is 1.64. The minimum Gasteiger partial charge on any atom is -0.481 e. The van der Waals surface area contributed by atoms with E-state index in [1.807, 2.05) is 0 Å². The number of carbonyl (C=O) groups is 2. The normalized spacial score (nSPS) is 19.8. The highest BCUT2D eigenvalue weighted by Crippen LogP contribution is 2.28. The van der Waals surface area contributed by atoms with E-state index in [4.69, 9.17) is 5.11 Å². The molecule has 1 aromatic carbocycles. The zero-order valence-corrected chi connectivity index (χ0v) is 9.31. The molecule has 90 valence electrons. The Morgan fingerprint density at radius 3 is 2.82 bits per heavy atom. The summed E-state index contributed by atoms with van der Waals surface area (Å²) in [5.74, 6) is -2.58. The van der Waals surface area contributed by atoms with E-state index in [2.05, 4.69) is 0 Å². The third-order valence-corrected chi connectivity index (χ3v) is 2.94. The van der Waals surface area contributed by atoms with Gasteiger partial charge in [0.05, 0.1) is 11.6 Å². The number of amides is 1. The van der Waals surface area contributed by atoms with Gasteiger partial charge >= 0.3 is 5.97 Å². The van der Waals surface area contributed by atoms with Crippen LogP contribution in [0.5, 0.6) is 0 Å². The van der Waals surface area contributed by atoms with Gasteiger partial charge in [-0.1, -0.05) is 12.1 Å². The second kappa shape index (κ2) is 4.16. The van der Waals surface area contributed by atoms with Crippen LogP contribution in [0.1, 0.15) is 12.0 Å². The minimum atomic E-state index is -1.02. The zero-order valence-electron chi connectivity index (χ0n) is 9.31. The van der Waals surface area contributed by atoms with Crippen LogP contribution in [0.2, 0.25) is 0 Å². The van der Waals surface area contributed by atoms with E-state index >= 15 is 0 Å². The number of aliphatic carboxylic acids is 1. The fraction of sp³-hybridized carbons (Fsp3) is 0.333. The van der Waals surface area contributed by atoms with Gasteiger partial charge in [0.1, 0.15) is 5.82 Å². The second-order valence-electron chi connectivity index (χ2n) is 4.15. The van der Waals surface area contributed by atoms with E-state index in [9.17, 15) is 14.0 Å². The summed E-state index contributed by atoms with van der Waals surface area (Å²) >= 11 is 0. The number of aryl methyl sites for hydroxylation is 1. The highest BCUT2D eigenvalue weighted by molar-refractivity contribution is 5.99. The van der Waals surface area contributed by atoms with Gasteiger partial charge in [-0.25, -0.2) is 4.39 Å². The maximum atomic E-state index is 13.8. The molecule has 0 bridgehead atoms. The molecule has 1 saturated heterocycles. The second-order valence-corrected chi connectivity index (χ2v) is 4.15. The maximum absolute atomic E-state index is 13.8. The Hall–Kier alpha value is -1.91. The van der Waals surface area contributed by atoms with Gasteiger partial charge in [-0.15, -0.1) is 0 Å². The molecule has 5 heteroatoms. The van der Waals surface area contributed by atoms with E-state index in [1.54, 1.807) is 19.1 Å². The molecule has 1 unspecified atom stereocenters. The average molecular weight is 237 g/mol. The lowest BCUT2D eigenvalue weighted by molar-refractivity contribution is -0.141. The number of carbonyl (C=O) groups excluding carboxylic acids is 1.